The Morgan fingerprint density at radius 2 is 1.44 bits per heavy atom. The van der Waals surface area contributed by atoms with Crippen molar-refractivity contribution in [3.8, 4) is 28.4 Å². The Morgan fingerprint density at radius 1 is 0.771 bits per heavy atom. The van der Waals surface area contributed by atoms with Gasteiger partial charge in [-0.2, -0.15) is 0 Å². The number of sulfone groups is 1. The van der Waals surface area contributed by atoms with Crippen molar-refractivity contribution in [2.45, 2.75) is 37.9 Å². The van der Waals surface area contributed by atoms with E-state index in [9.17, 15) is 13.2 Å². The summed E-state index contributed by atoms with van der Waals surface area (Å²) in [6.07, 6.45) is 0.923. The summed E-state index contributed by atoms with van der Waals surface area (Å²) < 4.78 is 42.5. The van der Waals surface area contributed by atoms with Crippen molar-refractivity contribution in [1.29, 1.82) is 0 Å². The second kappa shape index (κ2) is 13.6. The van der Waals surface area contributed by atoms with Gasteiger partial charge in [-0.25, -0.2) is 13.2 Å². The number of carbonyl (C=O) groups excluding carboxylic acids is 1. The van der Waals surface area contributed by atoms with E-state index in [4.69, 9.17) is 14.2 Å². The number of hydrogen-bond donors (Lipinski definition) is 0. The molecule has 1 aliphatic rings. The predicted octanol–water partition coefficient (Wildman–Crippen LogP) is 8.34. The Morgan fingerprint density at radius 3 is 2.08 bits per heavy atom. The lowest BCUT2D eigenvalue weighted by molar-refractivity contribution is 0.0240. The van der Waals surface area contributed by atoms with Crippen LogP contribution in [0, 0.1) is 0 Å². The van der Waals surface area contributed by atoms with Gasteiger partial charge in [0.1, 0.15) is 29.5 Å². The normalized spacial score (nSPS) is 13.8. The molecule has 1 amide bonds. The summed E-state index contributed by atoms with van der Waals surface area (Å²) in [6, 6.07) is 34.8. The van der Waals surface area contributed by atoms with Crippen LogP contribution >= 0.6 is 0 Å². The quantitative estimate of drug-likeness (QED) is 0.165. The van der Waals surface area contributed by atoms with Gasteiger partial charge in [0.2, 0.25) is 0 Å². The van der Waals surface area contributed by atoms with Crippen LogP contribution in [-0.4, -0.2) is 57.4 Å². The van der Waals surface area contributed by atoms with E-state index in [-0.39, 0.29) is 11.0 Å². The fraction of sp³-hybridized carbons (Fsp3) is 0.256. The Hall–Kier alpha value is -5.02. The van der Waals surface area contributed by atoms with E-state index in [1.54, 1.807) is 17.0 Å². The average molecular weight is 665 g/mol. The number of hydrogen-bond acceptors (Lipinski definition) is 7. The van der Waals surface area contributed by atoms with E-state index in [0.29, 0.717) is 44.3 Å². The molecule has 6 rings (SSSR count). The van der Waals surface area contributed by atoms with Gasteiger partial charge in [0, 0.05) is 49.1 Å². The summed E-state index contributed by atoms with van der Waals surface area (Å²) in [4.78, 5) is 16.8. The van der Waals surface area contributed by atoms with E-state index >= 15 is 0 Å². The molecule has 0 radical (unpaired) electrons. The van der Waals surface area contributed by atoms with E-state index in [1.165, 1.54) is 6.26 Å². The lowest BCUT2D eigenvalue weighted by Gasteiger charge is -2.36. The molecule has 248 valence electrons. The van der Waals surface area contributed by atoms with Gasteiger partial charge in [0.25, 0.3) is 0 Å². The van der Waals surface area contributed by atoms with Crippen molar-refractivity contribution in [3.63, 3.8) is 0 Å². The third kappa shape index (κ3) is 7.91. The maximum absolute atomic E-state index is 12.5. The van der Waals surface area contributed by atoms with Crippen molar-refractivity contribution >= 4 is 32.4 Å². The molecule has 1 saturated heterocycles. The number of anilines is 1. The van der Waals surface area contributed by atoms with E-state index in [2.05, 4.69) is 4.90 Å². The molecule has 0 bridgehead atoms. The molecule has 9 heteroatoms. The fourth-order valence-corrected chi connectivity index (χ4v) is 6.28. The standard InChI is InChI=1S/C39H40N2O6S/c1-39(2,3)47-38(42)41-24-22-40(23-25-41)31-13-15-32(16-14-31)46-37-35(29-10-18-34(19-11-29)48(4,43)44)20-12-30-26-33(17-21-36(30)37)45-27-28-8-6-5-7-9-28/h5-21,26H,22-25,27H2,1-4H3. The van der Waals surface area contributed by atoms with Gasteiger partial charge in [-0.15, -0.1) is 0 Å². The lowest BCUT2D eigenvalue weighted by atomic mass is 9.99. The topological polar surface area (TPSA) is 85.4 Å². The van der Waals surface area contributed by atoms with Crippen LogP contribution in [0.15, 0.2) is 114 Å². The fourth-order valence-electron chi connectivity index (χ4n) is 5.65. The Kier molecular flexibility index (Phi) is 9.33. The summed E-state index contributed by atoms with van der Waals surface area (Å²) in [5.41, 5.74) is 3.28. The molecule has 5 aromatic carbocycles. The minimum absolute atomic E-state index is 0.261. The van der Waals surface area contributed by atoms with Crippen molar-refractivity contribution in [1.82, 2.24) is 4.90 Å². The van der Waals surface area contributed by atoms with Crippen LogP contribution in [0.5, 0.6) is 17.2 Å². The summed E-state index contributed by atoms with van der Waals surface area (Å²) >= 11 is 0. The van der Waals surface area contributed by atoms with Crippen molar-refractivity contribution < 1.29 is 27.4 Å². The summed E-state index contributed by atoms with van der Waals surface area (Å²) in [5.74, 6) is 2.07. The highest BCUT2D eigenvalue weighted by Gasteiger charge is 2.26. The summed E-state index contributed by atoms with van der Waals surface area (Å²) in [7, 11) is -3.33. The SMILES string of the molecule is CC(C)(C)OC(=O)N1CCN(c2ccc(Oc3c(-c4ccc(S(C)(=O)=O)cc4)ccc4cc(OCc5ccccc5)ccc34)cc2)CC1. The first kappa shape index (κ1) is 32.9. The molecular weight excluding hydrogens is 625 g/mol. The van der Waals surface area contributed by atoms with Gasteiger partial charge >= 0.3 is 6.09 Å². The zero-order chi connectivity index (χ0) is 33.9. The Labute approximate surface area is 282 Å². The number of ether oxygens (including phenoxy) is 3. The molecule has 0 aliphatic carbocycles. The predicted molar refractivity (Wildman–Crippen MR) is 190 cm³/mol. The molecule has 5 aromatic rings. The van der Waals surface area contributed by atoms with E-state index in [0.717, 1.165) is 38.9 Å². The number of benzene rings is 5. The van der Waals surface area contributed by atoms with Gasteiger partial charge in [-0.1, -0.05) is 48.5 Å². The van der Waals surface area contributed by atoms with Crippen LogP contribution in [0.1, 0.15) is 26.3 Å². The minimum Gasteiger partial charge on any atom is -0.489 e. The molecule has 0 aromatic heterocycles. The summed E-state index contributed by atoms with van der Waals surface area (Å²) in [6.45, 7) is 8.65. The van der Waals surface area contributed by atoms with Gasteiger partial charge in [-0.05, 0) is 97.9 Å². The second-order valence-corrected chi connectivity index (χ2v) is 15.0. The summed E-state index contributed by atoms with van der Waals surface area (Å²) in [5, 5.41) is 1.85. The molecule has 0 saturated carbocycles. The zero-order valence-electron chi connectivity index (χ0n) is 27.7. The first-order valence-corrected chi connectivity index (χ1v) is 17.9. The van der Waals surface area contributed by atoms with Gasteiger partial charge < -0.3 is 24.0 Å². The first-order valence-electron chi connectivity index (χ1n) is 16.0. The van der Waals surface area contributed by atoms with Crippen LogP contribution in [-0.2, 0) is 21.2 Å². The first-order chi connectivity index (χ1) is 22.9. The number of carbonyl (C=O) groups is 1. The van der Waals surface area contributed by atoms with Crippen LogP contribution < -0.4 is 14.4 Å². The second-order valence-electron chi connectivity index (χ2n) is 12.9. The molecule has 0 atom stereocenters. The van der Waals surface area contributed by atoms with Crippen LogP contribution in [0.25, 0.3) is 21.9 Å². The maximum Gasteiger partial charge on any atom is 0.410 e. The molecule has 0 unspecified atom stereocenters. The zero-order valence-corrected chi connectivity index (χ0v) is 28.5. The van der Waals surface area contributed by atoms with E-state index in [1.807, 2.05) is 118 Å². The monoisotopic (exact) mass is 664 g/mol. The van der Waals surface area contributed by atoms with Crippen LogP contribution in [0.2, 0.25) is 0 Å². The smallest absolute Gasteiger partial charge is 0.410 e. The number of amides is 1. The van der Waals surface area contributed by atoms with E-state index < -0.39 is 15.4 Å². The van der Waals surface area contributed by atoms with Gasteiger partial charge in [0.05, 0.1) is 4.90 Å². The molecule has 1 fully saturated rings. The molecule has 0 N–H and O–H groups in total. The maximum atomic E-state index is 12.5. The third-order valence-electron chi connectivity index (χ3n) is 8.14. The highest BCUT2D eigenvalue weighted by atomic mass is 32.2. The largest absolute Gasteiger partial charge is 0.489 e. The Bertz CT molecular complexity index is 2000. The highest BCUT2D eigenvalue weighted by molar-refractivity contribution is 7.90. The lowest BCUT2D eigenvalue weighted by Crippen LogP contribution is -2.50. The van der Waals surface area contributed by atoms with Gasteiger partial charge in [-0.3, -0.25) is 0 Å². The number of nitrogens with zero attached hydrogens (tertiary/aromatic N) is 2. The highest BCUT2D eigenvalue weighted by Crippen LogP contribution is 2.41. The molecular formula is C39H40N2O6S. The van der Waals surface area contributed by atoms with Crippen molar-refractivity contribution in [3.05, 3.63) is 115 Å². The Balaban J connectivity index is 1.25. The number of rotatable bonds is 8. The third-order valence-corrected chi connectivity index (χ3v) is 9.27. The van der Waals surface area contributed by atoms with Gasteiger partial charge in [0.15, 0.2) is 9.84 Å². The molecule has 8 nitrogen and oxygen atoms in total. The van der Waals surface area contributed by atoms with Crippen LogP contribution in [0.4, 0.5) is 10.5 Å². The van der Waals surface area contributed by atoms with Crippen molar-refractivity contribution in [2.75, 3.05) is 37.3 Å². The molecule has 0 spiro atoms. The van der Waals surface area contributed by atoms with Crippen LogP contribution in [0.3, 0.4) is 0 Å². The van der Waals surface area contributed by atoms with Crippen molar-refractivity contribution in [2.24, 2.45) is 0 Å². The average Bonchev–Trinajstić information content (AvgIpc) is 3.07. The number of fused-ring (bicyclic) bond motifs is 1. The molecule has 1 aliphatic heterocycles. The molecule has 48 heavy (non-hydrogen) atoms. The molecule has 1 heterocycles. The number of piperazine rings is 1. The minimum atomic E-state index is -3.33.